The number of likely N-dealkylation sites (N-methyl/N-ethyl adjacent to an activating group) is 1. The van der Waals surface area contributed by atoms with E-state index in [2.05, 4.69) is 17.3 Å². The zero-order chi connectivity index (χ0) is 11.7. The fraction of sp³-hybridized carbons (Fsp3) is 0.545. The second-order valence-electron chi connectivity index (χ2n) is 4.49. The van der Waals surface area contributed by atoms with E-state index >= 15 is 0 Å². The molecule has 1 aromatic rings. The first kappa shape index (κ1) is 11.0. The molecule has 3 N–H and O–H groups in total. The monoisotopic (exact) mass is 222 g/mol. The largest absolute Gasteiger partial charge is 0.397 e. The van der Waals surface area contributed by atoms with E-state index in [0.717, 1.165) is 19.5 Å². The predicted molar refractivity (Wildman–Crippen MR) is 63.2 cm³/mol. The average Bonchev–Trinajstić information content (AvgIpc) is 2.73. The normalized spacial score (nSPS) is 21.2. The van der Waals surface area contributed by atoms with Crippen LogP contribution in [0.15, 0.2) is 12.3 Å². The minimum Gasteiger partial charge on any atom is -0.397 e. The van der Waals surface area contributed by atoms with Crippen molar-refractivity contribution in [3.05, 3.63) is 18.0 Å². The number of nitrogens with two attached hydrogens (primary N) is 1. The fourth-order valence-electron chi connectivity index (χ4n) is 2.13. The molecule has 0 saturated carbocycles. The summed E-state index contributed by atoms with van der Waals surface area (Å²) in [4.78, 5) is 14.1. The number of amides is 1. The third-order valence-electron chi connectivity index (χ3n) is 2.99. The highest BCUT2D eigenvalue weighted by Crippen LogP contribution is 2.11. The number of carbonyl (C=O) groups is 1. The molecule has 0 bridgehead atoms. The van der Waals surface area contributed by atoms with Gasteiger partial charge in [0.15, 0.2) is 0 Å². The van der Waals surface area contributed by atoms with Gasteiger partial charge in [0.05, 0.1) is 5.69 Å². The smallest absolute Gasteiger partial charge is 0.268 e. The van der Waals surface area contributed by atoms with Gasteiger partial charge in [0.2, 0.25) is 0 Å². The molecule has 2 rings (SSSR count). The van der Waals surface area contributed by atoms with Crippen molar-refractivity contribution in [1.82, 2.24) is 14.8 Å². The number of hydrogen-bond acceptors (Lipinski definition) is 3. The number of aryl methyl sites for hydroxylation is 1. The van der Waals surface area contributed by atoms with Crippen LogP contribution in [0, 0.1) is 0 Å². The molecule has 1 atom stereocenters. The van der Waals surface area contributed by atoms with Crippen LogP contribution in [0.5, 0.6) is 0 Å². The van der Waals surface area contributed by atoms with E-state index in [1.165, 1.54) is 0 Å². The molecule has 2 heterocycles. The van der Waals surface area contributed by atoms with Crippen LogP contribution in [0.25, 0.3) is 0 Å². The van der Waals surface area contributed by atoms with Crippen molar-refractivity contribution in [2.24, 2.45) is 7.05 Å². The highest BCUT2D eigenvalue weighted by Gasteiger charge is 2.22. The first-order valence-corrected chi connectivity index (χ1v) is 5.47. The first-order chi connectivity index (χ1) is 7.56. The Hall–Kier alpha value is -1.49. The summed E-state index contributed by atoms with van der Waals surface area (Å²) < 4.78 is 1.75. The maximum Gasteiger partial charge on any atom is 0.268 e. The minimum atomic E-state index is -0.0421. The lowest BCUT2D eigenvalue weighted by molar-refractivity contribution is 0.0930. The van der Waals surface area contributed by atoms with E-state index < -0.39 is 0 Å². The highest BCUT2D eigenvalue weighted by molar-refractivity contribution is 5.94. The lowest BCUT2D eigenvalue weighted by Crippen LogP contribution is -2.37. The van der Waals surface area contributed by atoms with Crippen LogP contribution >= 0.6 is 0 Å². The SMILES string of the molecule is CN1CCC(NC(=O)c2cc(N)cn2C)C1. The first-order valence-electron chi connectivity index (χ1n) is 5.47. The van der Waals surface area contributed by atoms with E-state index in [1.54, 1.807) is 16.8 Å². The van der Waals surface area contributed by atoms with Gasteiger partial charge in [-0.25, -0.2) is 0 Å². The molecule has 88 valence electrons. The molecule has 1 aliphatic rings. The molecule has 5 heteroatoms. The molecule has 1 fully saturated rings. The van der Waals surface area contributed by atoms with Crippen LogP contribution in [0.2, 0.25) is 0 Å². The zero-order valence-corrected chi connectivity index (χ0v) is 9.73. The molecule has 1 aromatic heterocycles. The van der Waals surface area contributed by atoms with Crippen LogP contribution in [-0.4, -0.2) is 41.6 Å². The highest BCUT2D eigenvalue weighted by atomic mass is 16.2. The molecular formula is C11H18N4O. The van der Waals surface area contributed by atoms with Gasteiger partial charge in [0, 0.05) is 25.8 Å². The minimum absolute atomic E-state index is 0.0421. The lowest BCUT2D eigenvalue weighted by Gasteiger charge is -2.12. The summed E-state index contributed by atoms with van der Waals surface area (Å²) in [6, 6.07) is 1.96. The van der Waals surface area contributed by atoms with Gasteiger partial charge in [-0.1, -0.05) is 0 Å². The second kappa shape index (κ2) is 4.17. The summed E-state index contributed by atoms with van der Waals surface area (Å²) >= 11 is 0. The number of anilines is 1. The van der Waals surface area contributed by atoms with Crippen LogP contribution in [0.3, 0.4) is 0 Å². The van der Waals surface area contributed by atoms with Crippen molar-refractivity contribution in [3.8, 4) is 0 Å². The van der Waals surface area contributed by atoms with Crippen molar-refractivity contribution in [2.45, 2.75) is 12.5 Å². The summed E-state index contributed by atoms with van der Waals surface area (Å²) in [6.45, 7) is 1.96. The summed E-state index contributed by atoms with van der Waals surface area (Å²) in [7, 11) is 3.89. The number of aromatic nitrogens is 1. The van der Waals surface area contributed by atoms with Gasteiger partial charge in [-0.05, 0) is 26.1 Å². The van der Waals surface area contributed by atoms with Gasteiger partial charge < -0.3 is 20.5 Å². The van der Waals surface area contributed by atoms with Crippen molar-refractivity contribution < 1.29 is 4.79 Å². The number of hydrogen-bond donors (Lipinski definition) is 2. The molecule has 0 radical (unpaired) electrons. The third kappa shape index (κ3) is 2.19. The van der Waals surface area contributed by atoms with E-state index in [-0.39, 0.29) is 11.9 Å². The van der Waals surface area contributed by atoms with Gasteiger partial charge in [-0.2, -0.15) is 0 Å². The average molecular weight is 222 g/mol. The van der Waals surface area contributed by atoms with Crippen molar-refractivity contribution in [1.29, 1.82) is 0 Å². The molecule has 0 aromatic carbocycles. The van der Waals surface area contributed by atoms with Gasteiger partial charge in [0.25, 0.3) is 5.91 Å². The maximum absolute atomic E-state index is 11.9. The van der Waals surface area contributed by atoms with Gasteiger partial charge in [0.1, 0.15) is 5.69 Å². The predicted octanol–water partition coefficient (Wildman–Crippen LogP) is 0.0412. The molecule has 1 saturated heterocycles. The Morgan fingerprint density at radius 1 is 1.56 bits per heavy atom. The molecule has 1 aliphatic heterocycles. The third-order valence-corrected chi connectivity index (χ3v) is 2.99. The maximum atomic E-state index is 11.9. The fourth-order valence-corrected chi connectivity index (χ4v) is 2.13. The Balaban J connectivity index is 2.00. The summed E-state index contributed by atoms with van der Waals surface area (Å²) in [6.07, 6.45) is 2.76. The summed E-state index contributed by atoms with van der Waals surface area (Å²) in [5, 5.41) is 3.02. The van der Waals surface area contributed by atoms with E-state index in [0.29, 0.717) is 11.4 Å². The van der Waals surface area contributed by atoms with Crippen molar-refractivity contribution >= 4 is 11.6 Å². The zero-order valence-electron chi connectivity index (χ0n) is 9.73. The second-order valence-corrected chi connectivity index (χ2v) is 4.49. The van der Waals surface area contributed by atoms with Crippen LogP contribution < -0.4 is 11.1 Å². The summed E-state index contributed by atoms with van der Waals surface area (Å²) in [5.74, 6) is -0.0421. The van der Waals surface area contributed by atoms with Crippen LogP contribution in [0.1, 0.15) is 16.9 Å². The van der Waals surface area contributed by atoms with Gasteiger partial charge in [-0.3, -0.25) is 4.79 Å². The molecule has 1 amide bonds. The number of nitrogens with one attached hydrogen (secondary N) is 1. The van der Waals surface area contributed by atoms with Crippen LogP contribution in [-0.2, 0) is 7.05 Å². The Morgan fingerprint density at radius 2 is 2.31 bits per heavy atom. The Kier molecular flexibility index (Phi) is 2.87. The van der Waals surface area contributed by atoms with Crippen LogP contribution in [0.4, 0.5) is 5.69 Å². The van der Waals surface area contributed by atoms with Gasteiger partial charge in [-0.15, -0.1) is 0 Å². The van der Waals surface area contributed by atoms with E-state index in [1.807, 2.05) is 7.05 Å². The molecule has 0 spiro atoms. The van der Waals surface area contributed by atoms with E-state index in [4.69, 9.17) is 5.73 Å². The molecule has 0 aliphatic carbocycles. The number of nitrogen functional groups attached to an aromatic ring is 1. The Labute approximate surface area is 95.2 Å². The summed E-state index contributed by atoms with van der Waals surface area (Å²) in [5.41, 5.74) is 6.88. The van der Waals surface area contributed by atoms with Crippen molar-refractivity contribution in [2.75, 3.05) is 25.9 Å². The quantitative estimate of drug-likeness (QED) is 0.742. The Bertz CT molecular complexity index is 399. The number of likely N-dealkylation sites (tertiary alicyclic amines) is 1. The van der Waals surface area contributed by atoms with E-state index in [9.17, 15) is 4.79 Å². The number of nitrogens with zero attached hydrogens (tertiary/aromatic N) is 2. The van der Waals surface area contributed by atoms with Gasteiger partial charge >= 0.3 is 0 Å². The molecular weight excluding hydrogens is 204 g/mol. The lowest BCUT2D eigenvalue weighted by atomic mass is 10.2. The van der Waals surface area contributed by atoms with Crippen molar-refractivity contribution in [3.63, 3.8) is 0 Å². The Morgan fingerprint density at radius 3 is 2.81 bits per heavy atom. The number of rotatable bonds is 2. The molecule has 5 nitrogen and oxygen atoms in total. The number of carbonyl (C=O) groups excluding carboxylic acids is 1. The molecule has 16 heavy (non-hydrogen) atoms. The molecule has 1 unspecified atom stereocenters. The topological polar surface area (TPSA) is 63.3 Å². The standard InChI is InChI=1S/C11H18N4O/c1-14-4-3-9(7-14)13-11(16)10-5-8(12)6-15(10)2/h5-6,9H,3-4,7,12H2,1-2H3,(H,13,16).